The maximum Gasteiger partial charge on any atom is 0.161 e. The molecule has 1 fully saturated rings. The lowest BCUT2D eigenvalue weighted by atomic mass is 10.2. The summed E-state index contributed by atoms with van der Waals surface area (Å²) in [5.74, 6) is 1.19. The van der Waals surface area contributed by atoms with Crippen molar-refractivity contribution < 1.29 is 13.9 Å². The van der Waals surface area contributed by atoms with Crippen molar-refractivity contribution in [1.82, 2.24) is 4.90 Å². The molecule has 0 radical (unpaired) electrons. The Labute approximate surface area is 109 Å². The fraction of sp³-hybridized carbons (Fsp3) is 0.500. The second-order valence-corrected chi connectivity index (χ2v) is 5.10. The molecule has 1 aromatic carbocycles. The molecule has 0 bridgehead atoms. The summed E-state index contributed by atoms with van der Waals surface area (Å²) in [6.45, 7) is 1.02. The number of nitrogens with zero attached hydrogens (tertiary/aromatic N) is 1. The average Bonchev–Trinajstić information content (AvgIpc) is 2.60. The molecule has 17 heavy (non-hydrogen) atoms. The lowest BCUT2D eigenvalue weighted by Gasteiger charge is -2.17. The highest BCUT2D eigenvalue weighted by Crippen LogP contribution is 2.32. The minimum absolute atomic E-state index is 0.420. The van der Waals surface area contributed by atoms with Crippen molar-refractivity contribution in [2.24, 2.45) is 0 Å². The smallest absolute Gasteiger partial charge is 0.161 e. The second kappa shape index (κ2) is 5.23. The standard InChI is InChI=1S/C12H15BrFNO2/c1-15-6-9(14)12(7-15)17-10-4-3-8(13)5-11(10)16-2/h3-5,9,12H,6-7H2,1-2H3. The molecule has 5 heteroatoms. The lowest BCUT2D eigenvalue weighted by Crippen LogP contribution is -2.27. The minimum Gasteiger partial charge on any atom is -0.493 e. The molecule has 2 rings (SSSR count). The van der Waals surface area contributed by atoms with E-state index < -0.39 is 12.3 Å². The minimum atomic E-state index is -0.951. The van der Waals surface area contributed by atoms with E-state index in [-0.39, 0.29) is 0 Å². The first-order valence-corrected chi connectivity index (χ1v) is 6.22. The van der Waals surface area contributed by atoms with Gasteiger partial charge in [0.05, 0.1) is 7.11 Å². The van der Waals surface area contributed by atoms with Gasteiger partial charge >= 0.3 is 0 Å². The molecule has 0 amide bonds. The predicted molar refractivity (Wildman–Crippen MR) is 67.5 cm³/mol. The molecule has 0 saturated carbocycles. The van der Waals surface area contributed by atoms with Crippen molar-refractivity contribution in [2.75, 3.05) is 27.2 Å². The number of alkyl halides is 1. The van der Waals surface area contributed by atoms with Crippen LogP contribution in [0.1, 0.15) is 0 Å². The summed E-state index contributed by atoms with van der Waals surface area (Å²) in [7, 11) is 3.46. The van der Waals surface area contributed by atoms with E-state index in [9.17, 15) is 4.39 Å². The van der Waals surface area contributed by atoms with Crippen LogP contribution in [0.4, 0.5) is 4.39 Å². The fourth-order valence-corrected chi connectivity index (χ4v) is 2.26. The Morgan fingerprint density at radius 3 is 2.71 bits per heavy atom. The first-order chi connectivity index (χ1) is 8.10. The summed E-state index contributed by atoms with van der Waals surface area (Å²) in [6.07, 6.45) is -1.37. The molecule has 1 saturated heterocycles. The fourth-order valence-electron chi connectivity index (χ4n) is 1.92. The first-order valence-electron chi connectivity index (χ1n) is 5.43. The van der Waals surface area contributed by atoms with Crippen LogP contribution in [0.25, 0.3) is 0 Å². The van der Waals surface area contributed by atoms with Crippen LogP contribution in [0, 0.1) is 0 Å². The molecule has 1 heterocycles. The van der Waals surface area contributed by atoms with E-state index in [1.165, 1.54) is 0 Å². The summed E-state index contributed by atoms with van der Waals surface area (Å²) < 4.78 is 25.4. The van der Waals surface area contributed by atoms with Gasteiger partial charge in [-0.2, -0.15) is 0 Å². The third-order valence-electron chi connectivity index (χ3n) is 2.79. The van der Waals surface area contributed by atoms with Crippen LogP contribution in [0.2, 0.25) is 0 Å². The Balaban J connectivity index is 2.13. The molecular weight excluding hydrogens is 289 g/mol. The number of ether oxygens (including phenoxy) is 2. The zero-order valence-electron chi connectivity index (χ0n) is 9.82. The molecule has 2 atom stereocenters. The molecule has 1 aliphatic heterocycles. The van der Waals surface area contributed by atoms with Crippen molar-refractivity contribution in [1.29, 1.82) is 0 Å². The topological polar surface area (TPSA) is 21.7 Å². The molecule has 1 aliphatic rings. The second-order valence-electron chi connectivity index (χ2n) is 4.19. The van der Waals surface area contributed by atoms with Gasteiger partial charge in [-0.15, -0.1) is 0 Å². The highest BCUT2D eigenvalue weighted by Gasteiger charge is 2.33. The van der Waals surface area contributed by atoms with Gasteiger partial charge in [-0.1, -0.05) is 15.9 Å². The van der Waals surface area contributed by atoms with Gasteiger partial charge in [-0.05, 0) is 25.2 Å². The number of benzene rings is 1. The predicted octanol–water partition coefficient (Wildman–Crippen LogP) is 2.49. The number of rotatable bonds is 3. The SMILES string of the molecule is COc1cc(Br)ccc1OC1CN(C)CC1F. The highest BCUT2D eigenvalue weighted by atomic mass is 79.9. The quantitative estimate of drug-likeness (QED) is 0.856. The van der Waals surface area contributed by atoms with Gasteiger partial charge in [0, 0.05) is 17.6 Å². The van der Waals surface area contributed by atoms with Crippen molar-refractivity contribution >= 4 is 15.9 Å². The van der Waals surface area contributed by atoms with Crippen LogP contribution in [0.15, 0.2) is 22.7 Å². The summed E-state index contributed by atoms with van der Waals surface area (Å²) >= 11 is 3.35. The number of likely N-dealkylation sites (tertiary alicyclic amines) is 1. The van der Waals surface area contributed by atoms with Crippen LogP contribution in [0.3, 0.4) is 0 Å². The van der Waals surface area contributed by atoms with Crippen LogP contribution >= 0.6 is 15.9 Å². The Kier molecular flexibility index (Phi) is 3.89. The van der Waals surface area contributed by atoms with Crippen molar-refractivity contribution in [3.05, 3.63) is 22.7 Å². The van der Waals surface area contributed by atoms with E-state index in [2.05, 4.69) is 15.9 Å². The van der Waals surface area contributed by atoms with Gasteiger partial charge < -0.3 is 9.47 Å². The van der Waals surface area contributed by atoms with Crippen molar-refractivity contribution in [3.8, 4) is 11.5 Å². The van der Waals surface area contributed by atoms with Gasteiger partial charge in [-0.25, -0.2) is 4.39 Å². The van der Waals surface area contributed by atoms with Gasteiger partial charge in [0.2, 0.25) is 0 Å². The monoisotopic (exact) mass is 303 g/mol. The molecular formula is C12H15BrFNO2. The number of hydrogen-bond donors (Lipinski definition) is 0. The largest absolute Gasteiger partial charge is 0.493 e. The average molecular weight is 304 g/mol. The molecule has 0 aliphatic carbocycles. The van der Waals surface area contributed by atoms with Crippen LogP contribution in [0.5, 0.6) is 11.5 Å². The lowest BCUT2D eigenvalue weighted by molar-refractivity contribution is 0.134. The van der Waals surface area contributed by atoms with E-state index in [1.807, 2.05) is 18.0 Å². The van der Waals surface area contributed by atoms with Crippen LogP contribution in [-0.2, 0) is 0 Å². The van der Waals surface area contributed by atoms with E-state index in [4.69, 9.17) is 9.47 Å². The third-order valence-corrected chi connectivity index (χ3v) is 3.28. The van der Waals surface area contributed by atoms with Crippen molar-refractivity contribution in [2.45, 2.75) is 12.3 Å². The van der Waals surface area contributed by atoms with E-state index >= 15 is 0 Å². The molecule has 94 valence electrons. The Morgan fingerprint density at radius 2 is 2.12 bits per heavy atom. The summed E-state index contributed by atoms with van der Waals surface area (Å²) in [4.78, 5) is 1.92. The van der Waals surface area contributed by atoms with Gasteiger partial charge in [0.25, 0.3) is 0 Å². The molecule has 0 N–H and O–H groups in total. The van der Waals surface area contributed by atoms with Crippen LogP contribution < -0.4 is 9.47 Å². The normalized spacial score (nSPS) is 24.9. The van der Waals surface area contributed by atoms with Crippen LogP contribution in [-0.4, -0.2) is 44.4 Å². The van der Waals surface area contributed by atoms with E-state index in [1.54, 1.807) is 19.2 Å². The number of hydrogen-bond acceptors (Lipinski definition) is 3. The zero-order chi connectivity index (χ0) is 12.4. The van der Waals surface area contributed by atoms with Crippen molar-refractivity contribution in [3.63, 3.8) is 0 Å². The number of likely N-dealkylation sites (N-methyl/N-ethyl adjacent to an activating group) is 1. The molecule has 2 unspecified atom stereocenters. The Bertz CT molecular complexity index is 402. The molecule has 3 nitrogen and oxygen atoms in total. The molecule has 0 spiro atoms. The van der Waals surface area contributed by atoms with Gasteiger partial charge in [0.15, 0.2) is 17.7 Å². The maximum absolute atomic E-state index is 13.6. The third kappa shape index (κ3) is 2.90. The highest BCUT2D eigenvalue weighted by molar-refractivity contribution is 9.10. The summed E-state index contributed by atoms with van der Waals surface area (Å²) in [5.41, 5.74) is 0. The van der Waals surface area contributed by atoms with Gasteiger partial charge in [-0.3, -0.25) is 4.90 Å². The Morgan fingerprint density at radius 1 is 1.35 bits per heavy atom. The summed E-state index contributed by atoms with van der Waals surface area (Å²) in [6, 6.07) is 5.44. The zero-order valence-corrected chi connectivity index (χ0v) is 11.4. The summed E-state index contributed by atoms with van der Waals surface area (Å²) in [5, 5.41) is 0. The number of halogens is 2. The maximum atomic E-state index is 13.6. The molecule has 0 aromatic heterocycles. The Hall–Kier alpha value is -0.810. The first kappa shape index (κ1) is 12.6. The van der Waals surface area contributed by atoms with Gasteiger partial charge in [0.1, 0.15) is 6.10 Å². The van der Waals surface area contributed by atoms with E-state index in [0.717, 1.165) is 4.47 Å². The van der Waals surface area contributed by atoms with E-state index in [0.29, 0.717) is 24.6 Å². The molecule has 1 aromatic rings. The number of methoxy groups -OCH3 is 1.